The Morgan fingerprint density at radius 2 is 2.00 bits per heavy atom. The van der Waals surface area contributed by atoms with E-state index in [1.165, 1.54) is 31.7 Å². The number of benzene rings is 1. The van der Waals surface area contributed by atoms with Crippen LogP contribution < -0.4 is 5.73 Å². The van der Waals surface area contributed by atoms with Gasteiger partial charge in [-0.25, -0.2) is 4.39 Å². The van der Waals surface area contributed by atoms with Crippen LogP contribution in [0.25, 0.3) is 0 Å². The lowest BCUT2D eigenvalue weighted by Crippen LogP contribution is -2.30. The van der Waals surface area contributed by atoms with Gasteiger partial charge in [0.2, 0.25) is 0 Å². The predicted molar refractivity (Wildman–Crippen MR) is 72.4 cm³/mol. The van der Waals surface area contributed by atoms with Crippen molar-refractivity contribution < 1.29 is 4.39 Å². The molecule has 0 bridgehead atoms. The maximum Gasteiger partial charge on any atom is 0.137 e. The van der Waals surface area contributed by atoms with E-state index in [4.69, 9.17) is 5.73 Å². The largest absolute Gasteiger partial charge is 0.327 e. The third-order valence-corrected chi connectivity index (χ3v) is 4.62. The van der Waals surface area contributed by atoms with Crippen LogP contribution in [0.2, 0.25) is 0 Å². The lowest BCUT2D eigenvalue weighted by atomic mass is 9.89. The van der Waals surface area contributed by atoms with Crippen LogP contribution >= 0.6 is 15.9 Å². The fraction of sp³-hybridized carbons (Fsp3) is 0.571. The first-order valence-electron chi connectivity index (χ1n) is 6.37. The van der Waals surface area contributed by atoms with Crippen LogP contribution in [0.15, 0.2) is 22.7 Å². The summed E-state index contributed by atoms with van der Waals surface area (Å²) in [6.07, 6.45) is 6.95. The van der Waals surface area contributed by atoms with E-state index >= 15 is 0 Å². The van der Waals surface area contributed by atoms with Gasteiger partial charge in [-0.05, 0) is 52.7 Å². The van der Waals surface area contributed by atoms with E-state index in [1.54, 1.807) is 6.07 Å². The van der Waals surface area contributed by atoms with Crippen molar-refractivity contribution in [3.05, 3.63) is 34.1 Å². The minimum absolute atomic E-state index is 0.176. The fourth-order valence-electron chi connectivity index (χ4n) is 2.66. The summed E-state index contributed by atoms with van der Waals surface area (Å²) in [5.41, 5.74) is 7.25. The highest BCUT2D eigenvalue weighted by atomic mass is 79.9. The van der Waals surface area contributed by atoms with E-state index in [0.717, 1.165) is 18.4 Å². The van der Waals surface area contributed by atoms with Crippen molar-refractivity contribution in [1.29, 1.82) is 0 Å². The van der Waals surface area contributed by atoms with Crippen molar-refractivity contribution in [3.63, 3.8) is 0 Å². The summed E-state index contributed by atoms with van der Waals surface area (Å²) in [4.78, 5) is 0. The third-order valence-electron chi connectivity index (χ3n) is 3.73. The minimum atomic E-state index is -0.176. The second kappa shape index (κ2) is 5.96. The van der Waals surface area contributed by atoms with E-state index in [9.17, 15) is 4.39 Å². The van der Waals surface area contributed by atoms with Gasteiger partial charge < -0.3 is 5.73 Å². The van der Waals surface area contributed by atoms with E-state index in [2.05, 4.69) is 15.9 Å². The Morgan fingerprint density at radius 3 is 2.82 bits per heavy atom. The maximum absolute atomic E-state index is 13.4. The Hall–Kier alpha value is -0.410. The molecule has 3 heteroatoms. The van der Waals surface area contributed by atoms with Crippen molar-refractivity contribution in [1.82, 2.24) is 0 Å². The molecule has 1 aromatic rings. The Morgan fingerprint density at radius 1 is 1.24 bits per heavy atom. The van der Waals surface area contributed by atoms with Gasteiger partial charge in [0.25, 0.3) is 0 Å². The quantitative estimate of drug-likeness (QED) is 0.820. The van der Waals surface area contributed by atoms with Gasteiger partial charge >= 0.3 is 0 Å². The van der Waals surface area contributed by atoms with Crippen LogP contribution in [-0.2, 0) is 6.42 Å². The smallest absolute Gasteiger partial charge is 0.137 e. The van der Waals surface area contributed by atoms with E-state index in [1.807, 2.05) is 6.07 Å². The Labute approximate surface area is 111 Å². The lowest BCUT2D eigenvalue weighted by Gasteiger charge is -2.21. The van der Waals surface area contributed by atoms with Gasteiger partial charge in [0.1, 0.15) is 5.82 Å². The number of hydrogen-bond acceptors (Lipinski definition) is 1. The molecule has 1 saturated carbocycles. The van der Waals surface area contributed by atoms with Crippen LogP contribution in [0.3, 0.4) is 0 Å². The highest BCUT2D eigenvalue weighted by Crippen LogP contribution is 2.29. The minimum Gasteiger partial charge on any atom is -0.327 e. The van der Waals surface area contributed by atoms with Gasteiger partial charge in [-0.2, -0.15) is 0 Å². The average molecular weight is 300 g/mol. The number of halogens is 2. The fourth-order valence-corrected chi connectivity index (χ4v) is 3.08. The molecule has 1 aliphatic carbocycles. The van der Waals surface area contributed by atoms with Crippen molar-refractivity contribution in [2.24, 2.45) is 11.7 Å². The molecule has 1 fully saturated rings. The van der Waals surface area contributed by atoms with Gasteiger partial charge in [0.05, 0.1) is 4.47 Å². The SMILES string of the molecule is NC1CCCCCC1Cc1cccc(F)c1Br. The van der Waals surface area contributed by atoms with Gasteiger partial charge in [0.15, 0.2) is 0 Å². The first-order valence-corrected chi connectivity index (χ1v) is 7.16. The summed E-state index contributed by atoms with van der Waals surface area (Å²) >= 11 is 3.33. The van der Waals surface area contributed by atoms with Crippen molar-refractivity contribution >= 4 is 15.9 Å². The zero-order valence-electron chi connectivity index (χ0n) is 9.96. The van der Waals surface area contributed by atoms with Gasteiger partial charge in [-0.3, -0.25) is 0 Å². The molecule has 0 amide bonds. The molecule has 94 valence electrons. The second-order valence-corrected chi connectivity index (χ2v) is 5.77. The first-order chi connectivity index (χ1) is 8.18. The molecule has 0 aromatic heterocycles. The van der Waals surface area contributed by atoms with Crippen LogP contribution in [0.5, 0.6) is 0 Å². The third kappa shape index (κ3) is 3.29. The number of nitrogens with two attached hydrogens (primary N) is 1. The van der Waals surface area contributed by atoms with Gasteiger partial charge in [0, 0.05) is 6.04 Å². The molecule has 0 spiro atoms. The predicted octanol–water partition coefficient (Wildman–Crippen LogP) is 4.04. The molecule has 2 atom stereocenters. The Bertz CT molecular complexity index is 380. The summed E-state index contributed by atoms with van der Waals surface area (Å²) in [6.45, 7) is 0. The summed E-state index contributed by atoms with van der Waals surface area (Å²) < 4.78 is 14.0. The molecule has 1 nitrogen and oxygen atoms in total. The van der Waals surface area contributed by atoms with Gasteiger partial charge in [-0.1, -0.05) is 31.4 Å². The molecule has 0 aliphatic heterocycles. The van der Waals surface area contributed by atoms with Crippen LogP contribution in [0.4, 0.5) is 4.39 Å². The monoisotopic (exact) mass is 299 g/mol. The standard InChI is InChI=1S/C14H19BrFN/c15-14-11(6-4-7-12(14)16)9-10-5-2-1-3-8-13(10)17/h4,6-7,10,13H,1-3,5,8-9,17H2. The summed E-state index contributed by atoms with van der Waals surface area (Å²) in [7, 11) is 0. The maximum atomic E-state index is 13.4. The van der Waals surface area contributed by atoms with Gasteiger partial charge in [-0.15, -0.1) is 0 Å². The molecule has 17 heavy (non-hydrogen) atoms. The zero-order valence-corrected chi connectivity index (χ0v) is 11.5. The van der Waals surface area contributed by atoms with Crippen LogP contribution in [-0.4, -0.2) is 6.04 Å². The lowest BCUT2D eigenvalue weighted by molar-refractivity contribution is 0.394. The average Bonchev–Trinajstić information content (AvgIpc) is 2.51. The van der Waals surface area contributed by atoms with E-state index < -0.39 is 0 Å². The highest BCUT2D eigenvalue weighted by molar-refractivity contribution is 9.10. The topological polar surface area (TPSA) is 26.0 Å². The molecule has 2 rings (SSSR count). The molecular formula is C14H19BrFN. The second-order valence-electron chi connectivity index (χ2n) is 4.98. The van der Waals surface area contributed by atoms with E-state index in [-0.39, 0.29) is 11.9 Å². The van der Waals surface area contributed by atoms with Crippen molar-refractivity contribution in [3.8, 4) is 0 Å². The summed E-state index contributed by atoms with van der Waals surface area (Å²) in [5.74, 6) is 0.320. The molecular weight excluding hydrogens is 281 g/mol. The molecule has 0 radical (unpaired) electrons. The zero-order chi connectivity index (χ0) is 12.3. The molecule has 0 heterocycles. The molecule has 1 aromatic carbocycles. The number of rotatable bonds is 2. The Balaban J connectivity index is 2.10. The van der Waals surface area contributed by atoms with Crippen LogP contribution in [0, 0.1) is 11.7 Å². The highest BCUT2D eigenvalue weighted by Gasteiger charge is 2.21. The molecule has 0 saturated heterocycles. The summed E-state index contributed by atoms with van der Waals surface area (Å²) in [5, 5.41) is 0. The van der Waals surface area contributed by atoms with E-state index in [0.29, 0.717) is 10.4 Å². The molecule has 2 unspecified atom stereocenters. The van der Waals surface area contributed by atoms with Crippen molar-refractivity contribution in [2.45, 2.75) is 44.6 Å². The number of hydrogen-bond donors (Lipinski definition) is 1. The van der Waals surface area contributed by atoms with Crippen molar-refractivity contribution in [2.75, 3.05) is 0 Å². The Kier molecular flexibility index (Phi) is 4.57. The normalized spacial score (nSPS) is 25.6. The van der Waals surface area contributed by atoms with Crippen LogP contribution in [0.1, 0.15) is 37.7 Å². The molecule has 1 aliphatic rings. The summed E-state index contributed by atoms with van der Waals surface area (Å²) in [6, 6.07) is 5.52. The first kappa shape index (κ1) is 13.0. The molecule has 2 N–H and O–H groups in total.